The lowest BCUT2D eigenvalue weighted by Gasteiger charge is -2.27. The molecular formula is C8H14O3. The molecule has 3 heteroatoms. The number of rotatable bonds is 1. The summed E-state index contributed by atoms with van der Waals surface area (Å²) in [5.74, 6) is -0.196. The van der Waals surface area contributed by atoms with Gasteiger partial charge in [-0.2, -0.15) is 0 Å². The van der Waals surface area contributed by atoms with Crippen LogP contribution < -0.4 is 0 Å². The van der Waals surface area contributed by atoms with Crippen molar-refractivity contribution >= 4 is 0 Å². The quantitative estimate of drug-likeness (QED) is 0.458. The van der Waals surface area contributed by atoms with E-state index in [4.69, 9.17) is 5.11 Å². The van der Waals surface area contributed by atoms with Crippen molar-refractivity contribution in [3.05, 3.63) is 11.6 Å². The van der Waals surface area contributed by atoms with Gasteiger partial charge in [-0.1, -0.05) is 6.08 Å². The van der Waals surface area contributed by atoms with Gasteiger partial charge in [0.15, 0.2) is 0 Å². The highest BCUT2D eigenvalue weighted by Gasteiger charge is 2.25. The minimum Gasteiger partial charge on any atom is -0.396 e. The third-order valence-corrected chi connectivity index (χ3v) is 2.17. The molecule has 0 spiro atoms. The molecule has 1 rings (SSSR count). The molecule has 0 aliphatic heterocycles. The molecule has 3 N–H and O–H groups in total. The van der Waals surface area contributed by atoms with Gasteiger partial charge >= 0.3 is 0 Å². The molecule has 64 valence electrons. The second kappa shape index (κ2) is 3.34. The number of aliphatic hydroxyl groups is 3. The summed E-state index contributed by atoms with van der Waals surface area (Å²) in [4.78, 5) is 0. The Labute approximate surface area is 66.0 Å². The maximum absolute atomic E-state index is 9.29. The van der Waals surface area contributed by atoms with E-state index in [1.165, 1.54) is 0 Å². The van der Waals surface area contributed by atoms with Gasteiger partial charge in [-0.05, 0) is 12.5 Å². The smallest absolute Gasteiger partial charge is 0.0772 e. The molecule has 0 aromatic heterocycles. The van der Waals surface area contributed by atoms with Gasteiger partial charge in [-0.3, -0.25) is 0 Å². The standard InChI is InChI=1S/C8H14O3/c1-5-2-6(4-9)8(11)3-7(5)10/h2,6-11H,3-4H2,1H3. The fourth-order valence-electron chi connectivity index (χ4n) is 1.32. The molecule has 0 heterocycles. The summed E-state index contributed by atoms with van der Waals surface area (Å²) in [5.41, 5.74) is 0.842. The topological polar surface area (TPSA) is 60.7 Å². The fourth-order valence-corrected chi connectivity index (χ4v) is 1.32. The van der Waals surface area contributed by atoms with Crippen molar-refractivity contribution in [2.45, 2.75) is 25.6 Å². The Kier molecular flexibility index (Phi) is 2.65. The molecule has 3 atom stereocenters. The van der Waals surface area contributed by atoms with E-state index in [1.54, 1.807) is 13.0 Å². The van der Waals surface area contributed by atoms with E-state index in [0.29, 0.717) is 6.42 Å². The highest BCUT2D eigenvalue weighted by atomic mass is 16.3. The third-order valence-electron chi connectivity index (χ3n) is 2.17. The van der Waals surface area contributed by atoms with E-state index in [9.17, 15) is 10.2 Å². The van der Waals surface area contributed by atoms with E-state index in [-0.39, 0.29) is 12.5 Å². The van der Waals surface area contributed by atoms with Crippen molar-refractivity contribution in [1.82, 2.24) is 0 Å². The molecule has 0 saturated carbocycles. The first-order valence-corrected chi connectivity index (χ1v) is 3.80. The fraction of sp³-hybridized carbons (Fsp3) is 0.750. The first-order chi connectivity index (χ1) is 5.15. The molecule has 1 aliphatic rings. The minimum absolute atomic E-state index is 0.0504. The Morgan fingerprint density at radius 2 is 2.18 bits per heavy atom. The molecule has 1 aliphatic carbocycles. The average Bonchev–Trinajstić information content (AvgIpc) is 1.97. The van der Waals surface area contributed by atoms with Crippen molar-refractivity contribution in [2.24, 2.45) is 5.92 Å². The van der Waals surface area contributed by atoms with Gasteiger partial charge in [0.25, 0.3) is 0 Å². The summed E-state index contributed by atoms with van der Waals surface area (Å²) in [6.07, 6.45) is 0.943. The molecule has 11 heavy (non-hydrogen) atoms. The summed E-state index contributed by atoms with van der Waals surface area (Å²) in [5, 5.41) is 27.3. The maximum atomic E-state index is 9.29. The predicted octanol–water partition coefficient (Wildman–Crippen LogP) is -0.333. The number of aliphatic hydroxyl groups excluding tert-OH is 3. The van der Waals surface area contributed by atoms with Gasteiger partial charge in [0.1, 0.15) is 0 Å². The predicted molar refractivity (Wildman–Crippen MR) is 41.0 cm³/mol. The lowest BCUT2D eigenvalue weighted by molar-refractivity contribution is 0.0377. The average molecular weight is 158 g/mol. The molecule has 3 unspecified atom stereocenters. The van der Waals surface area contributed by atoms with Crippen molar-refractivity contribution < 1.29 is 15.3 Å². The highest BCUT2D eigenvalue weighted by Crippen LogP contribution is 2.22. The van der Waals surface area contributed by atoms with Crippen LogP contribution in [0.4, 0.5) is 0 Å². The minimum atomic E-state index is -0.598. The van der Waals surface area contributed by atoms with Gasteiger partial charge in [-0.15, -0.1) is 0 Å². The molecule has 0 amide bonds. The van der Waals surface area contributed by atoms with Crippen LogP contribution >= 0.6 is 0 Å². The van der Waals surface area contributed by atoms with Gasteiger partial charge < -0.3 is 15.3 Å². The van der Waals surface area contributed by atoms with Gasteiger partial charge in [0.05, 0.1) is 18.8 Å². The summed E-state index contributed by atoms with van der Waals surface area (Å²) in [6.45, 7) is 1.75. The molecular weight excluding hydrogens is 144 g/mol. The van der Waals surface area contributed by atoms with Crippen LogP contribution in [0.1, 0.15) is 13.3 Å². The van der Waals surface area contributed by atoms with E-state index in [2.05, 4.69) is 0 Å². The molecule has 0 saturated heterocycles. The molecule has 0 aromatic carbocycles. The Bertz CT molecular complexity index is 165. The second-order valence-corrected chi connectivity index (χ2v) is 3.08. The molecule has 0 fully saturated rings. The van der Waals surface area contributed by atoms with E-state index in [0.717, 1.165) is 5.57 Å². The van der Waals surface area contributed by atoms with E-state index < -0.39 is 12.2 Å². The largest absolute Gasteiger partial charge is 0.396 e. The summed E-state index contributed by atoms with van der Waals surface area (Å²) >= 11 is 0. The molecule has 0 bridgehead atoms. The van der Waals surface area contributed by atoms with Crippen LogP contribution in [0.3, 0.4) is 0 Å². The van der Waals surface area contributed by atoms with Crippen LogP contribution in [0.25, 0.3) is 0 Å². The number of hydrogen-bond acceptors (Lipinski definition) is 3. The zero-order valence-corrected chi connectivity index (χ0v) is 6.57. The Morgan fingerprint density at radius 3 is 2.73 bits per heavy atom. The van der Waals surface area contributed by atoms with Crippen LogP contribution in [0.15, 0.2) is 11.6 Å². The summed E-state index contributed by atoms with van der Waals surface area (Å²) in [6, 6.07) is 0. The van der Waals surface area contributed by atoms with Crippen LogP contribution in [0.5, 0.6) is 0 Å². The van der Waals surface area contributed by atoms with Crippen LogP contribution in [-0.2, 0) is 0 Å². The van der Waals surface area contributed by atoms with E-state index >= 15 is 0 Å². The van der Waals surface area contributed by atoms with Gasteiger partial charge in [0, 0.05) is 12.3 Å². The molecule has 0 radical (unpaired) electrons. The van der Waals surface area contributed by atoms with Crippen molar-refractivity contribution in [2.75, 3.05) is 6.61 Å². The second-order valence-electron chi connectivity index (χ2n) is 3.08. The zero-order valence-electron chi connectivity index (χ0n) is 6.57. The first-order valence-electron chi connectivity index (χ1n) is 3.80. The van der Waals surface area contributed by atoms with Crippen LogP contribution in [0.2, 0.25) is 0 Å². The summed E-state index contributed by atoms with van der Waals surface area (Å²) in [7, 11) is 0. The molecule has 0 aromatic rings. The normalized spacial score (nSPS) is 38.5. The molecule has 3 nitrogen and oxygen atoms in total. The lowest BCUT2D eigenvalue weighted by atomic mass is 9.87. The van der Waals surface area contributed by atoms with Gasteiger partial charge in [0.2, 0.25) is 0 Å². The monoisotopic (exact) mass is 158 g/mol. The number of hydrogen-bond donors (Lipinski definition) is 3. The van der Waals surface area contributed by atoms with E-state index in [1.807, 2.05) is 0 Å². The Morgan fingerprint density at radius 1 is 1.55 bits per heavy atom. The third kappa shape index (κ3) is 1.80. The van der Waals surface area contributed by atoms with Crippen LogP contribution in [0, 0.1) is 5.92 Å². The first kappa shape index (κ1) is 8.71. The SMILES string of the molecule is CC1=CC(CO)C(O)CC1O. The Balaban J connectivity index is 2.69. The highest BCUT2D eigenvalue weighted by molar-refractivity contribution is 5.12. The van der Waals surface area contributed by atoms with Crippen LogP contribution in [-0.4, -0.2) is 34.1 Å². The summed E-state index contributed by atoms with van der Waals surface area (Å²) < 4.78 is 0. The maximum Gasteiger partial charge on any atom is 0.0772 e. The van der Waals surface area contributed by atoms with Crippen molar-refractivity contribution in [3.8, 4) is 0 Å². The van der Waals surface area contributed by atoms with Gasteiger partial charge in [-0.25, -0.2) is 0 Å². The Hall–Kier alpha value is -0.380. The lowest BCUT2D eigenvalue weighted by Crippen LogP contribution is -2.32. The van der Waals surface area contributed by atoms with Crippen molar-refractivity contribution in [1.29, 1.82) is 0 Å². The van der Waals surface area contributed by atoms with Crippen molar-refractivity contribution in [3.63, 3.8) is 0 Å². The zero-order chi connectivity index (χ0) is 8.43.